The summed E-state index contributed by atoms with van der Waals surface area (Å²) < 4.78 is 4.88. The second-order valence-electron chi connectivity index (χ2n) is 4.91. The third-order valence-corrected chi connectivity index (χ3v) is 3.57. The molecule has 100 valence electrons. The van der Waals surface area contributed by atoms with Crippen molar-refractivity contribution in [2.75, 3.05) is 26.8 Å². The smallest absolute Gasteiger partial charge is 0.234 e. The lowest BCUT2D eigenvalue weighted by Gasteiger charge is -2.28. The van der Waals surface area contributed by atoms with Gasteiger partial charge in [-0.25, -0.2) is 0 Å². The first-order valence-electron chi connectivity index (χ1n) is 6.73. The predicted octanol–water partition coefficient (Wildman–Crippen LogP) is 1.31. The Balaban J connectivity index is 2.09. The van der Waals surface area contributed by atoms with E-state index in [0.29, 0.717) is 25.7 Å². The van der Waals surface area contributed by atoms with Crippen molar-refractivity contribution in [2.24, 2.45) is 5.92 Å². The molecule has 1 saturated carbocycles. The fourth-order valence-corrected chi connectivity index (χ4v) is 2.41. The average Bonchev–Trinajstić information content (AvgIpc) is 2.37. The zero-order valence-corrected chi connectivity index (χ0v) is 11.1. The van der Waals surface area contributed by atoms with E-state index in [1.165, 1.54) is 32.1 Å². The fraction of sp³-hybridized carbons (Fsp3) is 0.923. The summed E-state index contributed by atoms with van der Waals surface area (Å²) in [6, 6.07) is 0.448. The van der Waals surface area contributed by atoms with Crippen molar-refractivity contribution in [3.8, 4) is 0 Å². The molecule has 1 rings (SSSR count). The molecule has 1 aliphatic carbocycles. The Labute approximate surface area is 104 Å². The van der Waals surface area contributed by atoms with Crippen molar-refractivity contribution < 1.29 is 9.53 Å². The second-order valence-corrected chi connectivity index (χ2v) is 4.91. The summed E-state index contributed by atoms with van der Waals surface area (Å²) in [6.07, 6.45) is 6.67. The number of methoxy groups -OCH3 is 1. The fourth-order valence-electron chi connectivity index (χ4n) is 2.41. The molecule has 1 fully saturated rings. The topological polar surface area (TPSA) is 50.4 Å². The molecule has 0 radical (unpaired) electrons. The lowest BCUT2D eigenvalue weighted by molar-refractivity contribution is -0.120. The van der Waals surface area contributed by atoms with Gasteiger partial charge in [-0.3, -0.25) is 4.79 Å². The molecule has 4 nitrogen and oxygen atoms in total. The summed E-state index contributed by atoms with van der Waals surface area (Å²) in [5.74, 6) is 0.806. The van der Waals surface area contributed by atoms with Crippen molar-refractivity contribution >= 4 is 5.91 Å². The molecule has 0 unspecified atom stereocenters. The largest absolute Gasteiger partial charge is 0.383 e. The molecule has 0 aromatic heterocycles. The summed E-state index contributed by atoms with van der Waals surface area (Å²) in [7, 11) is 1.63. The standard InChI is InChI=1S/C13H26N2O2/c1-11(12-6-4-3-5-7-12)15-10-13(16)14-8-9-17-2/h11-12,15H,3-10H2,1-2H3,(H,14,16)/t11-/m1/s1. The minimum absolute atomic E-state index is 0.0599. The van der Waals surface area contributed by atoms with Crippen molar-refractivity contribution in [1.29, 1.82) is 0 Å². The first-order chi connectivity index (χ1) is 8.24. The van der Waals surface area contributed by atoms with E-state index in [-0.39, 0.29) is 5.91 Å². The summed E-state index contributed by atoms with van der Waals surface area (Å²) in [5, 5.41) is 6.14. The van der Waals surface area contributed by atoms with Crippen LogP contribution in [0.5, 0.6) is 0 Å². The van der Waals surface area contributed by atoms with Crippen LogP contribution in [0.25, 0.3) is 0 Å². The number of amides is 1. The molecule has 17 heavy (non-hydrogen) atoms. The van der Waals surface area contributed by atoms with Gasteiger partial charge >= 0.3 is 0 Å². The molecule has 0 aliphatic heterocycles. The molecule has 0 aromatic carbocycles. The minimum Gasteiger partial charge on any atom is -0.383 e. The Hall–Kier alpha value is -0.610. The van der Waals surface area contributed by atoms with Crippen LogP contribution in [-0.2, 0) is 9.53 Å². The number of carbonyl (C=O) groups is 1. The molecule has 2 N–H and O–H groups in total. The average molecular weight is 242 g/mol. The Bertz CT molecular complexity index is 215. The SMILES string of the molecule is COCCNC(=O)CN[C@H](C)C1CCCCC1. The first kappa shape index (κ1) is 14.5. The van der Waals surface area contributed by atoms with Gasteiger partial charge in [0.05, 0.1) is 13.2 Å². The summed E-state index contributed by atoms with van der Waals surface area (Å²) in [6.45, 7) is 3.78. The maximum absolute atomic E-state index is 11.5. The highest BCUT2D eigenvalue weighted by Gasteiger charge is 2.19. The van der Waals surface area contributed by atoms with Gasteiger partial charge in [-0.2, -0.15) is 0 Å². The molecule has 1 amide bonds. The quantitative estimate of drug-likeness (QED) is 0.662. The number of nitrogens with one attached hydrogen (secondary N) is 2. The van der Waals surface area contributed by atoms with Gasteiger partial charge in [0, 0.05) is 19.7 Å². The maximum Gasteiger partial charge on any atom is 0.234 e. The molecule has 1 atom stereocenters. The van der Waals surface area contributed by atoms with Gasteiger partial charge < -0.3 is 15.4 Å². The van der Waals surface area contributed by atoms with Crippen LogP contribution in [0.15, 0.2) is 0 Å². The van der Waals surface area contributed by atoms with E-state index in [4.69, 9.17) is 4.74 Å². The lowest BCUT2D eigenvalue weighted by Crippen LogP contribution is -2.42. The Morgan fingerprint density at radius 2 is 2.06 bits per heavy atom. The van der Waals surface area contributed by atoms with E-state index < -0.39 is 0 Å². The number of rotatable bonds is 7. The van der Waals surface area contributed by atoms with Gasteiger partial charge in [-0.15, -0.1) is 0 Å². The van der Waals surface area contributed by atoms with Gasteiger partial charge in [0.25, 0.3) is 0 Å². The zero-order valence-electron chi connectivity index (χ0n) is 11.1. The van der Waals surface area contributed by atoms with Crippen molar-refractivity contribution in [3.63, 3.8) is 0 Å². The number of carbonyl (C=O) groups excluding carboxylic acids is 1. The highest BCUT2D eigenvalue weighted by atomic mass is 16.5. The third-order valence-electron chi connectivity index (χ3n) is 3.57. The molecule has 0 saturated heterocycles. The van der Waals surface area contributed by atoms with Crippen LogP contribution in [-0.4, -0.2) is 38.8 Å². The van der Waals surface area contributed by atoms with E-state index in [0.717, 1.165) is 5.92 Å². The Morgan fingerprint density at radius 3 is 2.71 bits per heavy atom. The van der Waals surface area contributed by atoms with E-state index in [2.05, 4.69) is 17.6 Å². The molecule has 1 aliphatic rings. The van der Waals surface area contributed by atoms with Crippen LogP contribution < -0.4 is 10.6 Å². The van der Waals surface area contributed by atoms with Gasteiger partial charge in [0.15, 0.2) is 0 Å². The normalized spacial score (nSPS) is 18.9. The van der Waals surface area contributed by atoms with Crippen molar-refractivity contribution in [1.82, 2.24) is 10.6 Å². The summed E-state index contributed by atoms with van der Waals surface area (Å²) in [5.41, 5.74) is 0. The number of ether oxygens (including phenoxy) is 1. The second kappa shape index (κ2) is 8.48. The molecule has 0 bridgehead atoms. The van der Waals surface area contributed by atoms with Crippen molar-refractivity contribution in [3.05, 3.63) is 0 Å². The number of hydrogen-bond donors (Lipinski definition) is 2. The number of hydrogen-bond acceptors (Lipinski definition) is 3. The van der Waals surface area contributed by atoms with E-state index in [1.54, 1.807) is 7.11 Å². The maximum atomic E-state index is 11.5. The summed E-state index contributed by atoms with van der Waals surface area (Å²) in [4.78, 5) is 11.5. The van der Waals surface area contributed by atoms with Gasteiger partial charge in [0.2, 0.25) is 5.91 Å². The molecule has 0 aromatic rings. The van der Waals surface area contributed by atoms with Crippen LogP contribution in [0.2, 0.25) is 0 Å². The zero-order chi connectivity index (χ0) is 12.5. The Morgan fingerprint density at radius 1 is 1.35 bits per heavy atom. The summed E-state index contributed by atoms with van der Waals surface area (Å²) >= 11 is 0. The minimum atomic E-state index is 0.0599. The molecule has 0 heterocycles. The molecular formula is C13H26N2O2. The molecular weight excluding hydrogens is 216 g/mol. The van der Waals surface area contributed by atoms with Crippen LogP contribution >= 0.6 is 0 Å². The van der Waals surface area contributed by atoms with Gasteiger partial charge in [-0.1, -0.05) is 19.3 Å². The molecule has 0 spiro atoms. The van der Waals surface area contributed by atoms with Crippen molar-refractivity contribution in [2.45, 2.75) is 45.1 Å². The van der Waals surface area contributed by atoms with Crippen LogP contribution in [0, 0.1) is 5.92 Å². The highest BCUT2D eigenvalue weighted by molar-refractivity contribution is 5.77. The van der Waals surface area contributed by atoms with Crippen LogP contribution in [0.3, 0.4) is 0 Å². The van der Waals surface area contributed by atoms with E-state index in [1.807, 2.05) is 0 Å². The third kappa shape index (κ3) is 6.03. The van der Waals surface area contributed by atoms with E-state index in [9.17, 15) is 4.79 Å². The van der Waals surface area contributed by atoms with Gasteiger partial charge in [0.1, 0.15) is 0 Å². The Kier molecular flexibility index (Phi) is 7.21. The van der Waals surface area contributed by atoms with Gasteiger partial charge in [-0.05, 0) is 25.7 Å². The monoisotopic (exact) mass is 242 g/mol. The molecule has 4 heteroatoms. The van der Waals surface area contributed by atoms with E-state index >= 15 is 0 Å². The van der Waals surface area contributed by atoms with Crippen LogP contribution in [0.4, 0.5) is 0 Å². The highest BCUT2D eigenvalue weighted by Crippen LogP contribution is 2.26. The van der Waals surface area contributed by atoms with Crippen LogP contribution in [0.1, 0.15) is 39.0 Å². The lowest BCUT2D eigenvalue weighted by atomic mass is 9.84. The predicted molar refractivity (Wildman–Crippen MR) is 68.9 cm³/mol. The first-order valence-corrected chi connectivity index (χ1v) is 6.73.